The molecule has 0 aliphatic heterocycles. The number of thiophene rings is 1. The lowest BCUT2D eigenvalue weighted by Crippen LogP contribution is -2.29. The first-order valence-electron chi connectivity index (χ1n) is 4.98. The quantitative estimate of drug-likeness (QED) is 0.496. The van der Waals surface area contributed by atoms with Gasteiger partial charge in [-0.3, -0.25) is 10.2 Å². The number of rotatable bonds is 5. The molecule has 2 aromatic rings. The van der Waals surface area contributed by atoms with Gasteiger partial charge in [-0.05, 0) is 29.1 Å². The zero-order valence-electron chi connectivity index (χ0n) is 9.01. The van der Waals surface area contributed by atoms with Crippen molar-refractivity contribution in [3.05, 3.63) is 46.0 Å². The lowest BCUT2D eigenvalue weighted by molar-refractivity contribution is 0.0957. The molecule has 0 aromatic carbocycles. The van der Waals surface area contributed by atoms with Crippen LogP contribution < -0.4 is 11.3 Å². The summed E-state index contributed by atoms with van der Waals surface area (Å²) in [6.45, 7) is 0. The maximum absolute atomic E-state index is 11.4. The van der Waals surface area contributed by atoms with E-state index in [9.17, 15) is 4.79 Å². The molecule has 2 heterocycles. The van der Waals surface area contributed by atoms with Gasteiger partial charge in [-0.2, -0.15) is 0 Å². The number of thioether (sulfide) groups is 1. The van der Waals surface area contributed by atoms with E-state index in [1.165, 1.54) is 11.3 Å². The van der Waals surface area contributed by atoms with Gasteiger partial charge in [-0.15, -0.1) is 23.1 Å². The minimum Gasteiger partial charge on any atom is -0.468 e. The number of nitrogen functional groups attached to an aromatic ring is 1. The van der Waals surface area contributed by atoms with Gasteiger partial charge in [-0.25, -0.2) is 5.84 Å². The van der Waals surface area contributed by atoms with Gasteiger partial charge < -0.3 is 4.42 Å². The Balaban J connectivity index is 1.91. The summed E-state index contributed by atoms with van der Waals surface area (Å²) in [5, 5.41) is 1.90. The summed E-state index contributed by atoms with van der Waals surface area (Å²) in [7, 11) is 0. The molecule has 17 heavy (non-hydrogen) atoms. The van der Waals surface area contributed by atoms with Crippen molar-refractivity contribution in [1.29, 1.82) is 0 Å². The monoisotopic (exact) mass is 268 g/mol. The highest BCUT2D eigenvalue weighted by Crippen LogP contribution is 2.24. The van der Waals surface area contributed by atoms with Crippen LogP contribution in [-0.2, 0) is 11.5 Å². The highest BCUT2D eigenvalue weighted by Gasteiger charge is 2.11. The molecule has 90 valence electrons. The molecule has 0 saturated heterocycles. The van der Waals surface area contributed by atoms with Crippen LogP contribution in [0.1, 0.15) is 21.0 Å². The molecule has 0 fully saturated rings. The lowest BCUT2D eigenvalue weighted by Gasteiger charge is -2.01. The van der Waals surface area contributed by atoms with Crippen LogP contribution in [0, 0.1) is 0 Å². The normalized spacial score (nSPS) is 10.4. The smallest absolute Gasteiger partial charge is 0.275 e. The number of carbonyl (C=O) groups excluding carboxylic acids is 1. The SMILES string of the molecule is NNC(=O)c1sccc1CSCc1ccco1. The number of nitrogens with one attached hydrogen (secondary N) is 1. The van der Waals surface area contributed by atoms with Crippen LogP contribution in [0.25, 0.3) is 0 Å². The molecule has 0 unspecified atom stereocenters. The van der Waals surface area contributed by atoms with Crippen LogP contribution in [0.3, 0.4) is 0 Å². The van der Waals surface area contributed by atoms with E-state index in [2.05, 4.69) is 5.43 Å². The van der Waals surface area contributed by atoms with Crippen molar-refractivity contribution in [3.8, 4) is 0 Å². The number of amides is 1. The van der Waals surface area contributed by atoms with E-state index in [1.807, 2.05) is 23.6 Å². The number of furan rings is 1. The van der Waals surface area contributed by atoms with Crippen LogP contribution in [0.15, 0.2) is 34.3 Å². The van der Waals surface area contributed by atoms with Gasteiger partial charge in [0, 0.05) is 5.75 Å². The maximum Gasteiger partial charge on any atom is 0.275 e. The third-order valence-electron chi connectivity index (χ3n) is 2.17. The summed E-state index contributed by atoms with van der Waals surface area (Å²) in [5.41, 5.74) is 3.16. The molecule has 0 bridgehead atoms. The fraction of sp³-hybridized carbons (Fsp3) is 0.182. The molecule has 0 spiro atoms. The van der Waals surface area contributed by atoms with Gasteiger partial charge in [0.05, 0.1) is 16.9 Å². The molecule has 2 aromatic heterocycles. The average molecular weight is 268 g/mol. The minimum atomic E-state index is -0.228. The molecule has 0 atom stereocenters. The first-order chi connectivity index (χ1) is 8.31. The first-order valence-corrected chi connectivity index (χ1v) is 7.02. The van der Waals surface area contributed by atoms with Crippen LogP contribution in [0.2, 0.25) is 0 Å². The topological polar surface area (TPSA) is 68.3 Å². The second-order valence-corrected chi connectivity index (χ2v) is 5.22. The zero-order valence-corrected chi connectivity index (χ0v) is 10.6. The Kier molecular flexibility index (Phi) is 4.24. The number of hydrogen-bond donors (Lipinski definition) is 2. The summed E-state index contributed by atoms with van der Waals surface area (Å²) in [6.07, 6.45) is 1.66. The zero-order chi connectivity index (χ0) is 12.1. The molecule has 1 amide bonds. The van der Waals surface area contributed by atoms with E-state index >= 15 is 0 Å². The molecule has 0 aliphatic carbocycles. The molecular formula is C11H12N2O2S2. The summed E-state index contributed by atoms with van der Waals surface area (Å²) in [5.74, 6) is 7.40. The Labute approximate surface area is 107 Å². The largest absolute Gasteiger partial charge is 0.468 e. The predicted octanol–water partition coefficient (Wildman–Crippen LogP) is 2.38. The summed E-state index contributed by atoms with van der Waals surface area (Å²) < 4.78 is 5.23. The summed E-state index contributed by atoms with van der Waals surface area (Å²) >= 11 is 3.10. The molecular weight excluding hydrogens is 256 g/mol. The highest BCUT2D eigenvalue weighted by molar-refractivity contribution is 7.97. The minimum absolute atomic E-state index is 0.228. The van der Waals surface area contributed by atoms with E-state index in [-0.39, 0.29) is 5.91 Å². The average Bonchev–Trinajstić information content (AvgIpc) is 2.99. The highest BCUT2D eigenvalue weighted by atomic mass is 32.2. The number of nitrogens with two attached hydrogens (primary N) is 1. The van der Waals surface area contributed by atoms with Crippen molar-refractivity contribution >= 4 is 29.0 Å². The van der Waals surface area contributed by atoms with E-state index in [0.717, 1.165) is 22.8 Å². The van der Waals surface area contributed by atoms with Gasteiger partial charge in [0.1, 0.15) is 5.76 Å². The van der Waals surface area contributed by atoms with E-state index in [0.29, 0.717) is 4.88 Å². The molecule has 4 nitrogen and oxygen atoms in total. The summed E-state index contributed by atoms with van der Waals surface area (Å²) in [4.78, 5) is 12.1. The molecule has 6 heteroatoms. The van der Waals surface area contributed by atoms with Gasteiger partial charge in [0.15, 0.2) is 0 Å². The van der Waals surface area contributed by atoms with Crippen LogP contribution >= 0.6 is 23.1 Å². The van der Waals surface area contributed by atoms with Crippen molar-refractivity contribution in [2.24, 2.45) is 5.84 Å². The Bertz CT molecular complexity index is 479. The van der Waals surface area contributed by atoms with Crippen molar-refractivity contribution in [2.75, 3.05) is 0 Å². The van der Waals surface area contributed by atoms with E-state index in [4.69, 9.17) is 10.3 Å². The molecule has 2 rings (SSSR count). The van der Waals surface area contributed by atoms with Crippen molar-refractivity contribution in [3.63, 3.8) is 0 Å². The van der Waals surface area contributed by atoms with Gasteiger partial charge in [-0.1, -0.05) is 0 Å². The second kappa shape index (κ2) is 5.90. The Morgan fingerprint density at radius 2 is 2.35 bits per heavy atom. The van der Waals surface area contributed by atoms with E-state index in [1.54, 1.807) is 18.0 Å². The first kappa shape index (κ1) is 12.2. The Hall–Kier alpha value is -1.24. The van der Waals surface area contributed by atoms with Gasteiger partial charge in [0.2, 0.25) is 0 Å². The van der Waals surface area contributed by atoms with Crippen molar-refractivity contribution in [1.82, 2.24) is 5.43 Å². The molecule has 0 radical (unpaired) electrons. The van der Waals surface area contributed by atoms with Crippen LogP contribution in [-0.4, -0.2) is 5.91 Å². The van der Waals surface area contributed by atoms with Gasteiger partial charge in [0.25, 0.3) is 5.91 Å². The molecule has 3 N–H and O–H groups in total. The molecule has 0 saturated carbocycles. The fourth-order valence-electron chi connectivity index (χ4n) is 1.37. The van der Waals surface area contributed by atoms with Crippen molar-refractivity contribution in [2.45, 2.75) is 11.5 Å². The number of hydrogen-bond acceptors (Lipinski definition) is 5. The summed E-state index contributed by atoms with van der Waals surface area (Å²) in [6, 6.07) is 5.76. The fourth-order valence-corrected chi connectivity index (χ4v) is 3.22. The predicted molar refractivity (Wildman–Crippen MR) is 69.7 cm³/mol. The second-order valence-electron chi connectivity index (χ2n) is 3.32. The van der Waals surface area contributed by atoms with Gasteiger partial charge >= 0.3 is 0 Å². The van der Waals surface area contributed by atoms with Crippen LogP contribution in [0.4, 0.5) is 0 Å². The van der Waals surface area contributed by atoms with E-state index < -0.39 is 0 Å². The third kappa shape index (κ3) is 3.12. The Morgan fingerprint density at radius 1 is 1.47 bits per heavy atom. The standard InChI is InChI=1S/C11H12N2O2S2/c12-13-11(14)10-8(3-5-17-10)6-16-7-9-2-1-4-15-9/h1-5H,6-7,12H2,(H,13,14). The lowest BCUT2D eigenvalue weighted by atomic mass is 10.3. The Morgan fingerprint density at radius 3 is 3.06 bits per heavy atom. The van der Waals surface area contributed by atoms with Crippen molar-refractivity contribution < 1.29 is 9.21 Å². The van der Waals surface area contributed by atoms with Crippen LogP contribution in [0.5, 0.6) is 0 Å². The molecule has 0 aliphatic rings. The third-order valence-corrected chi connectivity index (χ3v) is 4.13. The number of hydrazine groups is 1. The maximum atomic E-state index is 11.4. The number of carbonyl (C=O) groups is 1.